The SMILES string of the molecule is OC(c1ccc(Br)c(Cl)c1)c1cscc1Br. The molecule has 0 aliphatic carbocycles. The van der Waals surface area contributed by atoms with E-state index in [4.69, 9.17) is 11.6 Å². The van der Waals surface area contributed by atoms with Crippen LogP contribution in [0.5, 0.6) is 0 Å². The van der Waals surface area contributed by atoms with Crippen LogP contribution in [0.15, 0.2) is 37.9 Å². The van der Waals surface area contributed by atoms with Gasteiger partial charge in [0.25, 0.3) is 0 Å². The highest BCUT2D eigenvalue weighted by Crippen LogP contribution is 2.33. The van der Waals surface area contributed by atoms with Gasteiger partial charge in [0, 0.05) is 19.9 Å². The van der Waals surface area contributed by atoms with E-state index in [9.17, 15) is 5.11 Å². The highest BCUT2D eigenvalue weighted by Gasteiger charge is 2.15. The van der Waals surface area contributed by atoms with Gasteiger partial charge < -0.3 is 5.11 Å². The molecule has 0 fully saturated rings. The van der Waals surface area contributed by atoms with Crippen molar-refractivity contribution in [1.29, 1.82) is 0 Å². The van der Waals surface area contributed by atoms with Gasteiger partial charge in [-0.3, -0.25) is 0 Å². The predicted octanol–water partition coefficient (Wildman–Crippen LogP) is 5.01. The van der Waals surface area contributed by atoms with Crippen molar-refractivity contribution < 1.29 is 5.11 Å². The topological polar surface area (TPSA) is 20.2 Å². The fourth-order valence-electron chi connectivity index (χ4n) is 1.35. The fourth-order valence-corrected chi connectivity index (χ4v) is 3.32. The lowest BCUT2D eigenvalue weighted by molar-refractivity contribution is 0.220. The van der Waals surface area contributed by atoms with Crippen LogP contribution in [0.1, 0.15) is 17.2 Å². The quantitative estimate of drug-likeness (QED) is 0.774. The van der Waals surface area contributed by atoms with Crippen molar-refractivity contribution in [2.75, 3.05) is 0 Å². The summed E-state index contributed by atoms with van der Waals surface area (Å²) in [7, 11) is 0. The number of aliphatic hydroxyl groups is 1. The van der Waals surface area contributed by atoms with Crippen LogP contribution in [0.25, 0.3) is 0 Å². The van der Waals surface area contributed by atoms with Gasteiger partial charge in [-0.1, -0.05) is 17.7 Å². The van der Waals surface area contributed by atoms with Crippen molar-refractivity contribution in [2.24, 2.45) is 0 Å². The van der Waals surface area contributed by atoms with E-state index in [0.717, 1.165) is 20.1 Å². The first-order chi connectivity index (χ1) is 7.59. The van der Waals surface area contributed by atoms with Crippen molar-refractivity contribution in [3.8, 4) is 0 Å². The van der Waals surface area contributed by atoms with Gasteiger partial charge in [-0.25, -0.2) is 0 Å². The molecule has 1 atom stereocenters. The molecule has 0 amide bonds. The molecule has 0 bridgehead atoms. The number of hydrogen-bond donors (Lipinski definition) is 1. The molecular weight excluding hydrogens is 375 g/mol. The zero-order valence-corrected chi connectivity index (χ0v) is 12.7. The summed E-state index contributed by atoms with van der Waals surface area (Å²) >= 11 is 14.3. The Bertz CT molecular complexity index is 512. The lowest BCUT2D eigenvalue weighted by Crippen LogP contribution is -1.98. The summed E-state index contributed by atoms with van der Waals surface area (Å²) in [6.45, 7) is 0. The van der Waals surface area contributed by atoms with Crippen molar-refractivity contribution in [3.63, 3.8) is 0 Å². The Morgan fingerprint density at radius 1 is 1.19 bits per heavy atom. The summed E-state index contributed by atoms with van der Waals surface area (Å²) in [5.74, 6) is 0. The van der Waals surface area contributed by atoms with E-state index in [1.165, 1.54) is 0 Å². The maximum Gasteiger partial charge on any atom is 0.106 e. The molecule has 0 radical (unpaired) electrons. The predicted molar refractivity (Wildman–Crippen MR) is 75.2 cm³/mol. The van der Waals surface area contributed by atoms with E-state index in [1.807, 2.05) is 22.9 Å². The van der Waals surface area contributed by atoms with Crippen LogP contribution in [-0.4, -0.2) is 5.11 Å². The molecule has 0 saturated heterocycles. The van der Waals surface area contributed by atoms with Crippen LogP contribution >= 0.6 is 54.8 Å². The summed E-state index contributed by atoms with van der Waals surface area (Å²) in [6, 6.07) is 5.45. The molecule has 84 valence electrons. The van der Waals surface area contributed by atoms with Gasteiger partial charge in [0.1, 0.15) is 6.10 Å². The zero-order chi connectivity index (χ0) is 11.7. The van der Waals surface area contributed by atoms with Crippen molar-refractivity contribution in [3.05, 3.63) is 54.1 Å². The summed E-state index contributed by atoms with van der Waals surface area (Å²) in [5, 5.41) is 14.6. The lowest BCUT2D eigenvalue weighted by atomic mass is 10.0. The Morgan fingerprint density at radius 3 is 2.50 bits per heavy atom. The molecule has 0 spiro atoms. The average Bonchev–Trinajstić information content (AvgIpc) is 2.67. The number of rotatable bonds is 2. The Labute approximate surface area is 119 Å². The second-order valence-corrected chi connectivity index (χ2v) is 6.11. The minimum atomic E-state index is -0.647. The van der Waals surface area contributed by atoms with Gasteiger partial charge in [0.05, 0.1) is 5.02 Å². The molecule has 2 rings (SSSR count). The van der Waals surface area contributed by atoms with Crippen molar-refractivity contribution in [1.82, 2.24) is 0 Å². The van der Waals surface area contributed by atoms with Crippen LogP contribution in [0, 0.1) is 0 Å². The highest BCUT2D eigenvalue weighted by molar-refractivity contribution is 9.10. The standard InChI is InChI=1S/C11H7Br2ClOS/c12-8-2-1-6(3-10(8)14)11(15)7-4-16-5-9(7)13/h1-5,11,15H. The van der Waals surface area contributed by atoms with Gasteiger partial charge in [0.15, 0.2) is 0 Å². The molecule has 0 saturated carbocycles. The second-order valence-electron chi connectivity index (χ2n) is 3.25. The van der Waals surface area contributed by atoms with E-state index in [0.29, 0.717) is 5.02 Å². The molecule has 1 N–H and O–H groups in total. The molecule has 1 aromatic carbocycles. The highest BCUT2D eigenvalue weighted by atomic mass is 79.9. The second kappa shape index (κ2) is 5.19. The lowest BCUT2D eigenvalue weighted by Gasteiger charge is -2.11. The molecule has 2 aromatic rings. The van der Waals surface area contributed by atoms with E-state index in [1.54, 1.807) is 17.4 Å². The number of halogens is 3. The number of thiophene rings is 1. The maximum atomic E-state index is 10.2. The summed E-state index contributed by atoms with van der Waals surface area (Å²) in [5.41, 5.74) is 1.65. The Morgan fingerprint density at radius 2 is 1.94 bits per heavy atom. The molecular formula is C11H7Br2ClOS. The number of aliphatic hydroxyl groups excluding tert-OH is 1. The molecule has 0 aliphatic rings. The van der Waals surface area contributed by atoms with Crippen LogP contribution in [-0.2, 0) is 0 Å². The van der Waals surface area contributed by atoms with Gasteiger partial charge in [0.2, 0.25) is 0 Å². The summed E-state index contributed by atoms with van der Waals surface area (Å²) in [6.07, 6.45) is -0.647. The zero-order valence-electron chi connectivity index (χ0n) is 7.95. The Hall–Kier alpha value is 0.130. The first-order valence-corrected chi connectivity index (χ1v) is 7.35. The number of hydrogen-bond acceptors (Lipinski definition) is 2. The van der Waals surface area contributed by atoms with Gasteiger partial charge in [-0.15, -0.1) is 0 Å². The number of benzene rings is 1. The molecule has 1 aromatic heterocycles. The minimum Gasteiger partial charge on any atom is -0.384 e. The monoisotopic (exact) mass is 380 g/mol. The molecule has 1 heterocycles. The molecule has 0 aliphatic heterocycles. The van der Waals surface area contributed by atoms with Gasteiger partial charge in [-0.05, 0) is 54.9 Å². The van der Waals surface area contributed by atoms with E-state index in [-0.39, 0.29) is 0 Å². The molecule has 16 heavy (non-hydrogen) atoms. The van der Waals surface area contributed by atoms with Crippen LogP contribution in [0.2, 0.25) is 5.02 Å². The third kappa shape index (κ3) is 2.51. The van der Waals surface area contributed by atoms with E-state index >= 15 is 0 Å². The average molecular weight is 383 g/mol. The third-order valence-electron chi connectivity index (χ3n) is 2.20. The smallest absolute Gasteiger partial charge is 0.106 e. The molecule has 1 nitrogen and oxygen atoms in total. The Kier molecular flexibility index (Phi) is 4.08. The van der Waals surface area contributed by atoms with E-state index < -0.39 is 6.10 Å². The maximum absolute atomic E-state index is 10.2. The third-order valence-corrected chi connectivity index (χ3v) is 5.18. The van der Waals surface area contributed by atoms with Gasteiger partial charge in [-0.2, -0.15) is 11.3 Å². The summed E-state index contributed by atoms with van der Waals surface area (Å²) in [4.78, 5) is 0. The van der Waals surface area contributed by atoms with Crippen LogP contribution < -0.4 is 0 Å². The largest absolute Gasteiger partial charge is 0.384 e. The Balaban J connectivity index is 2.38. The van der Waals surface area contributed by atoms with Crippen molar-refractivity contribution >= 4 is 54.8 Å². The molecule has 1 unspecified atom stereocenters. The molecule has 5 heteroatoms. The fraction of sp³-hybridized carbons (Fsp3) is 0.0909. The van der Waals surface area contributed by atoms with E-state index in [2.05, 4.69) is 31.9 Å². The minimum absolute atomic E-state index is 0.600. The first kappa shape index (κ1) is 12.6. The first-order valence-electron chi connectivity index (χ1n) is 4.44. The normalized spacial score (nSPS) is 12.8. The van der Waals surface area contributed by atoms with Crippen LogP contribution in [0.3, 0.4) is 0 Å². The van der Waals surface area contributed by atoms with Gasteiger partial charge >= 0.3 is 0 Å². The van der Waals surface area contributed by atoms with Crippen LogP contribution in [0.4, 0.5) is 0 Å². The van der Waals surface area contributed by atoms with Crippen molar-refractivity contribution in [2.45, 2.75) is 6.10 Å². The summed E-state index contributed by atoms with van der Waals surface area (Å²) < 4.78 is 1.75.